The van der Waals surface area contributed by atoms with Gasteiger partial charge in [0.05, 0.1) is 0 Å². The van der Waals surface area contributed by atoms with Crippen molar-refractivity contribution in [2.45, 2.75) is 20.8 Å². The van der Waals surface area contributed by atoms with E-state index >= 15 is 0 Å². The molecule has 0 saturated heterocycles. The summed E-state index contributed by atoms with van der Waals surface area (Å²) in [5.74, 6) is 0.167. The molecule has 0 fully saturated rings. The molecular formula is C8H16O. The third-order valence-electron chi connectivity index (χ3n) is 0. The molecule has 0 unspecified atom stereocenters. The molecule has 0 amide bonds. The van der Waals surface area contributed by atoms with Crippen molar-refractivity contribution in [1.29, 1.82) is 0 Å². The zero-order chi connectivity index (χ0) is 8.28. The van der Waals surface area contributed by atoms with Gasteiger partial charge in [0.2, 0.25) is 0 Å². The van der Waals surface area contributed by atoms with Gasteiger partial charge in [0.15, 0.2) is 0 Å². The Hall–Kier alpha value is -0.850. The Morgan fingerprint density at radius 1 is 1.33 bits per heavy atom. The Morgan fingerprint density at radius 3 is 1.33 bits per heavy atom. The normalized spacial score (nSPS) is 4.78. The van der Waals surface area contributed by atoms with Gasteiger partial charge >= 0.3 is 0 Å². The molecule has 0 aromatic heterocycles. The summed E-state index contributed by atoms with van der Waals surface area (Å²) in [6.45, 7) is 14.3. The van der Waals surface area contributed by atoms with Crippen LogP contribution in [0.5, 0.6) is 0 Å². The molecule has 0 spiro atoms. The van der Waals surface area contributed by atoms with Crippen LogP contribution in [0.25, 0.3) is 0 Å². The van der Waals surface area contributed by atoms with Gasteiger partial charge in [-0.2, -0.15) is 0 Å². The zero-order valence-electron chi connectivity index (χ0n) is 6.61. The molecule has 0 radical (unpaired) electrons. The molecular weight excluding hydrogens is 112 g/mol. The molecule has 1 heteroatoms. The van der Waals surface area contributed by atoms with Gasteiger partial charge in [0, 0.05) is 0 Å². The van der Waals surface area contributed by atoms with Crippen molar-refractivity contribution in [3.05, 3.63) is 25.8 Å². The van der Waals surface area contributed by atoms with Crippen LogP contribution in [0.1, 0.15) is 20.8 Å². The average molecular weight is 128 g/mol. The predicted molar refractivity (Wildman–Crippen MR) is 43.5 cm³/mol. The molecule has 0 aromatic carbocycles. The van der Waals surface area contributed by atoms with Crippen molar-refractivity contribution in [2.75, 3.05) is 0 Å². The molecule has 0 aliphatic heterocycles. The van der Waals surface area contributed by atoms with Crippen molar-refractivity contribution in [3.63, 3.8) is 0 Å². The van der Waals surface area contributed by atoms with Crippen LogP contribution in [0, 0.1) is 0 Å². The van der Waals surface area contributed by atoms with E-state index in [0.717, 1.165) is 0 Å². The van der Waals surface area contributed by atoms with Gasteiger partial charge in [-0.15, -0.1) is 19.7 Å². The first-order valence-corrected chi connectivity index (χ1v) is 2.69. The standard InChI is InChI=1S/C3H6O.C3H6.C2H4/c1-3(2)4;1-3-2;1-2/h1-2H3;3H,1H2,2H3;1-2H2. The van der Waals surface area contributed by atoms with Gasteiger partial charge < -0.3 is 4.79 Å². The number of hydrogen-bond acceptors (Lipinski definition) is 1. The highest BCUT2D eigenvalue weighted by molar-refractivity contribution is 5.72. The topological polar surface area (TPSA) is 17.1 Å². The summed E-state index contributed by atoms with van der Waals surface area (Å²) in [6.07, 6.45) is 1.75. The SMILES string of the molecule is C=C.C=CC.CC(C)=O. The Morgan fingerprint density at radius 2 is 1.33 bits per heavy atom. The van der Waals surface area contributed by atoms with Gasteiger partial charge in [-0.25, -0.2) is 0 Å². The van der Waals surface area contributed by atoms with Crippen LogP contribution in [-0.2, 0) is 4.79 Å². The lowest BCUT2D eigenvalue weighted by atomic mass is 10.6. The second-order valence-electron chi connectivity index (χ2n) is 1.32. The van der Waals surface area contributed by atoms with E-state index in [1.807, 2.05) is 6.92 Å². The van der Waals surface area contributed by atoms with Gasteiger partial charge in [-0.3, -0.25) is 0 Å². The van der Waals surface area contributed by atoms with Gasteiger partial charge in [-0.05, 0) is 20.8 Å². The smallest absolute Gasteiger partial charge is 0.126 e. The molecule has 0 atom stereocenters. The number of carbonyl (C=O) groups excluding carboxylic acids is 1. The first kappa shape index (κ1) is 15.7. The van der Waals surface area contributed by atoms with E-state index in [4.69, 9.17) is 0 Å². The lowest BCUT2D eigenvalue weighted by molar-refractivity contribution is -0.114. The van der Waals surface area contributed by atoms with E-state index in [2.05, 4.69) is 19.7 Å². The van der Waals surface area contributed by atoms with Crippen LogP contribution < -0.4 is 0 Å². The maximum Gasteiger partial charge on any atom is 0.126 e. The summed E-state index contributed by atoms with van der Waals surface area (Å²) < 4.78 is 0. The Labute approximate surface area is 58.1 Å². The monoisotopic (exact) mass is 128 g/mol. The third kappa shape index (κ3) is 262. The molecule has 1 nitrogen and oxygen atoms in total. The molecule has 0 saturated carbocycles. The quantitative estimate of drug-likeness (QED) is 0.458. The molecule has 0 heterocycles. The van der Waals surface area contributed by atoms with Crippen molar-refractivity contribution in [2.24, 2.45) is 0 Å². The molecule has 0 aromatic rings. The lowest BCUT2D eigenvalue weighted by Crippen LogP contribution is -1.69. The summed E-state index contributed by atoms with van der Waals surface area (Å²) >= 11 is 0. The molecule has 0 N–H and O–H groups in total. The highest BCUT2D eigenvalue weighted by atomic mass is 16.1. The minimum atomic E-state index is 0.167. The second kappa shape index (κ2) is 27.3. The van der Waals surface area contributed by atoms with Gasteiger partial charge in [0.1, 0.15) is 5.78 Å². The minimum absolute atomic E-state index is 0.167. The van der Waals surface area contributed by atoms with Crippen LogP contribution in [0.15, 0.2) is 25.8 Å². The highest BCUT2D eigenvalue weighted by Gasteiger charge is 1.62. The largest absolute Gasteiger partial charge is 0.300 e. The van der Waals surface area contributed by atoms with Gasteiger partial charge in [0.25, 0.3) is 0 Å². The van der Waals surface area contributed by atoms with E-state index in [-0.39, 0.29) is 5.78 Å². The molecule has 54 valence electrons. The molecule has 0 bridgehead atoms. The van der Waals surface area contributed by atoms with Crippen LogP contribution in [0.4, 0.5) is 0 Å². The van der Waals surface area contributed by atoms with E-state index in [9.17, 15) is 4.79 Å². The highest BCUT2D eigenvalue weighted by Crippen LogP contribution is 1.50. The summed E-state index contributed by atoms with van der Waals surface area (Å²) in [5, 5.41) is 0. The van der Waals surface area contributed by atoms with Crippen LogP contribution in [-0.4, -0.2) is 5.78 Å². The fraction of sp³-hybridized carbons (Fsp3) is 0.375. The number of allylic oxidation sites excluding steroid dienone is 1. The number of hydrogen-bond donors (Lipinski definition) is 0. The lowest BCUT2D eigenvalue weighted by Gasteiger charge is -1.56. The third-order valence-corrected chi connectivity index (χ3v) is 0. The Balaban J connectivity index is -0.0000000646. The first-order chi connectivity index (χ1) is 4.15. The van der Waals surface area contributed by atoms with E-state index in [1.54, 1.807) is 6.08 Å². The maximum absolute atomic E-state index is 9.44. The number of rotatable bonds is 0. The maximum atomic E-state index is 9.44. The number of carbonyl (C=O) groups is 1. The Bertz CT molecular complexity index is 61.0. The van der Waals surface area contributed by atoms with Crippen molar-refractivity contribution >= 4 is 5.78 Å². The first-order valence-electron chi connectivity index (χ1n) is 2.69. The van der Waals surface area contributed by atoms with E-state index < -0.39 is 0 Å². The van der Waals surface area contributed by atoms with Gasteiger partial charge in [-0.1, -0.05) is 6.08 Å². The minimum Gasteiger partial charge on any atom is -0.300 e. The van der Waals surface area contributed by atoms with Crippen molar-refractivity contribution < 1.29 is 4.79 Å². The Kier molecular flexibility index (Phi) is 47.6. The summed E-state index contributed by atoms with van der Waals surface area (Å²) in [4.78, 5) is 9.44. The summed E-state index contributed by atoms with van der Waals surface area (Å²) in [6, 6.07) is 0. The molecule has 0 aliphatic carbocycles. The number of Topliss-reactive ketones (excluding diaryl/α,β-unsaturated/α-hetero) is 1. The fourth-order valence-corrected chi connectivity index (χ4v) is 0. The van der Waals surface area contributed by atoms with Crippen molar-refractivity contribution in [1.82, 2.24) is 0 Å². The van der Waals surface area contributed by atoms with Crippen LogP contribution in [0.3, 0.4) is 0 Å². The molecule has 0 aliphatic rings. The molecule has 0 rings (SSSR count). The zero-order valence-corrected chi connectivity index (χ0v) is 6.61. The van der Waals surface area contributed by atoms with Crippen molar-refractivity contribution in [3.8, 4) is 0 Å². The fourth-order valence-electron chi connectivity index (χ4n) is 0. The predicted octanol–water partition coefficient (Wildman–Crippen LogP) is 2.59. The van der Waals surface area contributed by atoms with E-state index in [1.165, 1.54) is 13.8 Å². The summed E-state index contributed by atoms with van der Waals surface area (Å²) in [7, 11) is 0. The van der Waals surface area contributed by atoms with Crippen LogP contribution >= 0.6 is 0 Å². The summed E-state index contributed by atoms with van der Waals surface area (Å²) in [5.41, 5.74) is 0. The van der Waals surface area contributed by atoms with Crippen LogP contribution in [0.2, 0.25) is 0 Å². The molecule has 9 heavy (non-hydrogen) atoms. The number of ketones is 1. The van der Waals surface area contributed by atoms with E-state index in [0.29, 0.717) is 0 Å². The second-order valence-corrected chi connectivity index (χ2v) is 1.32. The average Bonchev–Trinajstić information content (AvgIpc) is 1.71.